The molecule has 1 amide bonds. The molecule has 1 aliphatic heterocycles. The van der Waals surface area contributed by atoms with Gasteiger partial charge >= 0.3 is 0 Å². The van der Waals surface area contributed by atoms with Crippen LogP contribution >= 0.6 is 0 Å². The van der Waals surface area contributed by atoms with Gasteiger partial charge < -0.3 is 14.6 Å². The molecule has 4 aromatic rings. The number of H-pyrrole nitrogens is 1. The number of sulfone groups is 1. The molecule has 0 atom stereocenters. The van der Waals surface area contributed by atoms with Crippen LogP contribution in [0.25, 0.3) is 22.5 Å². The summed E-state index contributed by atoms with van der Waals surface area (Å²) in [5, 5.41) is 0. The first-order chi connectivity index (χ1) is 16.4. The molecule has 5 rings (SSSR count). The molecular formula is C26H23N3O4S. The number of hydrogen-bond donors (Lipinski definition) is 1. The molecule has 0 bridgehead atoms. The first-order valence-corrected chi connectivity index (χ1v) is 12.7. The van der Waals surface area contributed by atoms with E-state index in [9.17, 15) is 13.2 Å². The number of nitrogens with zero attached hydrogens (tertiary/aromatic N) is 2. The quantitative estimate of drug-likeness (QED) is 0.480. The number of benzene rings is 3. The van der Waals surface area contributed by atoms with Crippen LogP contribution in [0, 0.1) is 0 Å². The molecule has 0 aliphatic carbocycles. The summed E-state index contributed by atoms with van der Waals surface area (Å²) in [7, 11) is -3.31. The standard InChI is InChI=1S/C26H23N3O4S/c1-34(31,32)23-9-6-20(7-10-23)26(30)29-14-15-33-24-11-8-21(16-22(24)17-29)18-2-4-19(5-3-18)25-27-12-13-28-25/h2-13,16H,14-15,17H2,1H3,(H,27,28). The minimum atomic E-state index is -3.31. The maximum absolute atomic E-state index is 13.1. The van der Waals surface area contributed by atoms with Gasteiger partial charge in [-0.25, -0.2) is 13.4 Å². The van der Waals surface area contributed by atoms with Gasteiger partial charge in [0.25, 0.3) is 5.91 Å². The van der Waals surface area contributed by atoms with Crippen molar-refractivity contribution in [3.63, 3.8) is 0 Å². The van der Waals surface area contributed by atoms with Crippen molar-refractivity contribution >= 4 is 15.7 Å². The van der Waals surface area contributed by atoms with Gasteiger partial charge in [-0.3, -0.25) is 4.79 Å². The second-order valence-corrected chi connectivity index (χ2v) is 10.2. The Morgan fingerprint density at radius 3 is 2.35 bits per heavy atom. The Morgan fingerprint density at radius 2 is 1.68 bits per heavy atom. The first-order valence-electron chi connectivity index (χ1n) is 10.8. The van der Waals surface area contributed by atoms with Crippen LogP contribution in [0.1, 0.15) is 15.9 Å². The largest absolute Gasteiger partial charge is 0.491 e. The molecule has 34 heavy (non-hydrogen) atoms. The molecule has 0 saturated carbocycles. The maximum atomic E-state index is 13.1. The normalized spacial score (nSPS) is 13.6. The third kappa shape index (κ3) is 4.45. The van der Waals surface area contributed by atoms with E-state index in [2.05, 4.69) is 16.0 Å². The number of amides is 1. The molecule has 1 aliphatic rings. The molecule has 3 aromatic carbocycles. The minimum absolute atomic E-state index is 0.162. The van der Waals surface area contributed by atoms with E-state index in [0.717, 1.165) is 40.1 Å². The van der Waals surface area contributed by atoms with Crippen molar-refractivity contribution in [2.45, 2.75) is 11.4 Å². The number of fused-ring (bicyclic) bond motifs is 1. The molecule has 2 heterocycles. The van der Waals surface area contributed by atoms with Gasteiger partial charge in [0, 0.05) is 41.9 Å². The zero-order chi connectivity index (χ0) is 23.7. The average Bonchev–Trinajstić information content (AvgIpc) is 3.30. The van der Waals surface area contributed by atoms with Crippen molar-refractivity contribution in [2.75, 3.05) is 19.4 Å². The number of carbonyl (C=O) groups excluding carboxylic acids is 1. The molecule has 1 N–H and O–H groups in total. The summed E-state index contributed by atoms with van der Waals surface area (Å²) in [5.41, 5.74) is 4.45. The maximum Gasteiger partial charge on any atom is 0.254 e. The molecule has 0 saturated heterocycles. The summed E-state index contributed by atoms with van der Waals surface area (Å²) in [6, 6.07) is 20.2. The summed E-state index contributed by atoms with van der Waals surface area (Å²) >= 11 is 0. The van der Waals surface area contributed by atoms with Crippen molar-refractivity contribution in [3.05, 3.63) is 90.3 Å². The highest BCUT2D eigenvalue weighted by molar-refractivity contribution is 7.90. The van der Waals surface area contributed by atoms with E-state index in [-0.39, 0.29) is 10.8 Å². The summed E-state index contributed by atoms with van der Waals surface area (Å²) < 4.78 is 29.3. The zero-order valence-corrected chi connectivity index (χ0v) is 19.4. The van der Waals surface area contributed by atoms with Crippen LogP contribution in [0.3, 0.4) is 0 Å². The fraction of sp³-hybridized carbons (Fsp3) is 0.154. The van der Waals surface area contributed by atoms with E-state index in [0.29, 0.717) is 25.3 Å². The number of imidazole rings is 1. The molecule has 0 radical (unpaired) electrons. The lowest BCUT2D eigenvalue weighted by molar-refractivity contribution is 0.0733. The highest BCUT2D eigenvalue weighted by atomic mass is 32.2. The third-order valence-electron chi connectivity index (χ3n) is 5.85. The van der Waals surface area contributed by atoms with Gasteiger partial charge in [-0.15, -0.1) is 0 Å². The molecule has 1 aromatic heterocycles. The summed E-state index contributed by atoms with van der Waals surface area (Å²) in [6.45, 7) is 1.23. The van der Waals surface area contributed by atoms with Crippen LogP contribution in [-0.2, 0) is 16.4 Å². The first kappa shape index (κ1) is 21.9. The van der Waals surface area contributed by atoms with Gasteiger partial charge in [-0.2, -0.15) is 0 Å². The number of nitrogens with one attached hydrogen (secondary N) is 1. The van der Waals surface area contributed by atoms with Crippen molar-refractivity contribution in [3.8, 4) is 28.3 Å². The van der Waals surface area contributed by atoms with Gasteiger partial charge in [-0.05, 0) is 47.5 Å². The Morgan fingerprint density at radius 1 is 0.971 bits per heavy atom. The minimum Gasteiger partial charge on any atom is -0.491 e. The Kier molecular flexibility index (Phi) is 5.67. The highest BCUT2D eigenvalue weighted by Gasteiger charge is 2.22. The zero-order valence-electron chi connectivity index (χ0n) is 18.6. The van der Waals surface area contributed by atoms with Crippen LogP contribution in [0.15, 0.2) is 84.0 Å². The molecular weight excluding hydrogens is 450 g/mol. The van der Waals surface area contributed by atoms with E-state index in [1.54, 1.807) is 29.4 Å². The number of hydrogen-bond acceptors (Lipinski definition) is 5. The lowest BCUT2D eigenvalue weighted by Gasteiger charge is -2.20. The second kappa shape index (κ2) is 8.79. The number of carbonyl (C=O) groups is 1. The van der Waals surface area contributed by atoms with Gasteiger partial charge in [0.1, 0.15) is 18.2 Å². The van der Waals surface area contributed by atoms with E-state index >= 15 is 0 Å². The number of aromatic amines is 1. The monoisotopic (exact) mass is 473 g/mol. The van der Waals surface area contributed by atoms with Crippen LogP contribution in [0.2, 0.25) is 0 Å². The summed E-state index contributed by atoms with van der Waals surface area (Å²) in [6.07, 6.45) is 4.67. The SMILES string of the molecule is CS(=O)(=O)c1ccc(C(=O)N2CCOc3ccc(-c4ccc(-c5ncc[nH]5)cc4)cc3C2)cc1. The van der Waals surface area contributed by atoms with E-state index < -0.39 is 9.84 Å². The Hall–Kier alpha value is -3.91. The van der Waals surface area contributed by atoms with E-state index in [1.807, 2.05) is 36.4 Å². The smallest absolute Gasteiger partial charge is 0.254 e. The fourth-order valence-corrected chi connectivity index (χ4v) is 4.65. The second-order valence-electron chi connectivity index (χ2n) is 8.21. The molecule has 7 nitrogen and oxygen atoms in total. The lowest BCUT2D eigenvalue weighted by atomic mass is 10.0. The predicted octanol–water partition coefficient (Wildman–Crippen LogP) is 4.18. The summed E-state index contributed by atoms with van der Waals surface area (Å²) in [5.74, 6) is 1.42. The highest BCUT2D eigenvalue weighted by Crippen LogP contribution is 2.31. The van der Waals surface area contributed by atoms with Crippen molar-refractivity contribution in [2.24, 2.45) is 0 Å². The van der Waals surface area contributed by atoms with Gasteiger partial charge in [0.2, 0.25) is 0 Å². The lowest BCUT2D eigenvalue weighted by Crippen LogP contribution is -2.32. The molecule has 0 unspecified atom stereocenters. The number of ether oxygens (including phenoxy) is 1. The van der Waals surface area contributed by atoms with Gasteiger partial charge in [-0.1, -0.05) is 30.3 Å². The van der Waals surface area contributed by atoms with Crippen molar-refractivity contribution < 1.29 is 17.9 Å². The fourth-order valence-electron chi connectivity index (χ4n) is 4.02. The molecule has 0 fully saturated rings. The van der Waals surface area contributed by atoms with Gasteiger partial charge in [0.15, 0.2) is 9.84 Å². The predicted molar refractivity (Wildman–Crippen MR) is 129 cm³/mol. The van der Waals surface area contributed by atoms with E-state index in [4.69, 9.17) is 4.74 Å². The van der Waals surface area contributed by atoms with Crippen LogP contribution in [0.5, 0.6) is 5.75 Å². The Labute approximate surface area is 198 Å². The Balaban J connectivity index is 1.38. The van der Waals surface area contributed by atoms with Crippen molar-refractivity contribution in [1.29, 1.82) is 0 Å². The molecule has 0 spiro atoms. The number of aromatic nitrogens is 2. The number of rotatable bonds is 4. The Bertz CT molecular complexity index is 1430. The van der Waals surface area contributed by atoms with Crippen LogP contribution in [-0.4, -0.2) is 48.6 Å². The third-order valence-corrected chi connectivity index (χ3v) is 6.98. The molecule has 8 heteroatoms. The average molecular weight is 474 g/mol. The topological polar surface area (TPSA) is 92.4 Å². The van der Waals surface area contributed by atoms with Crippen molar-refractivity contribution in [1.82, 2.24) is 14.9 Å². The summed E-state index contributed by atoms with van der Waals surface area (Å²) in [4.78, 5) is 22.4. The van der Waals surface area contributed by atoms with Crippen LogP contribution < -0.4 is 4.74 Å². The van der Waals surface area contributed by atoms with E-state index in [1.165, 1.54) is 12.1 Å². The van der Waals surface area contributed by atoms with Crippen LogP contribution in [0.4, 0.5) is 0 Å². The molecule has 172 valence electrons. The van der Waals surface area contributed by atoms with Gasteiger partial charge in [0.05, 0.1) is 11.4 Å².